The van der Waals surface area contributed by atoms with Crippen molar-refractivity contribution in [3.8, 4) is 5.75 Å². The minimum Gasteiger partial charge on any atom is -0.485 e. The van der Waals surface area contributed by atoms with Gasteiger partial charge >= 0.3 is 0 Å². The third-order valence-corrected chi connectivity index (χ3v) is 8.37. The summed E-state index contributed by atoms with van der Waals surface area (Å²) in [6.07, 6.45) is 1.57. The molecule has 1 spiro atoms. The third kappa shape index (κ3) is 5.28. The molecule has 198 valence electrons. The summed E-state index contributed by atoms with van der Waals surface area (Å²) in [7, 11) is 0. The molecule has 2 aromatic rings. The Kier molecular flexibility index (Phi) is 6.51. The average molecular weight is 506 g/mol. The largest absolute Gasteiger partial charge is 0.485 e. The number of nitrogens with zero attached hydrogens (tertiary/aromatic N) is 3. The summed E-state index contributed by atoms with van der Waals surface area (Å²) in [5.74, 6) is 0.583. The smallest absolute Gasteiger partial charge is 0.257 e. The summed E-state index contributed by atoms with van der Waals surface area (Å²) in [6.45, 7) is 11.9. The van der Waals surface area contributed by atoms with E-state index >= 15 is 0 Å². The lowest BCUT2D eigenvalue weighted by Gasteiger charge is -2.37. The van der Waals surface area contributed by atoms with Gasteiger partial charge in [-0.05, 0) is 62.1 Å². The number of ether oxygens (including phenoxy) is 2. The van der Waals surface area contributed by atoms with Crippen molar-refractivity contribution in [2.75, 3.05) is 52.5 Å². The molecule has 1 N–H and O–H groups in total. The SMILES string of the molecule is CC1(C)CN(CC(O)CN2CCc3ccccc3C2)C(=O)c2ccc(CN3CCC4(COC4)C3)cc2O1. The van der Waals surface area contributed by atoms with E-state index in [1.807, 2.05) is 26.0 Å². The van der Waals surface area contributed by atoms with Crippen molar-refractivity contribution in [2.45, 2.75) is 51.5 Å². The van der Waals surface area contributed by atoms with Gasteiger partial charge in [0.15, 0.2) is 0 Å². The fraction of sp³-hybridized carbons (Fsp3) is 0.567. The predicted molar refractivity (Wildman–Crippen MR) is 142 cm³/mol. The van der Waals surface area contributed by atoms with Crippen LogP contribution in [0.3, 0.4) is 0 Å². The molecule has 4 heterocycles. The molecular weight excluding hydrogens is 466 g/mol. The molecule has 1 atom stereocenters. The van der Waals surface area contributed by atoms with Gasteiger partial charge in [0.2, 0.25) is 0 Å². The summed E-state index contributed by atoms with van der Waals surface area (Å²) >= 11 is 0. The van der Waals surface area contributed by atoms with Crippen LogP contribution < -0.4 is 4.74 Å². The molecule has 6 rings (SSSR count). The van der Waals surface area contributed by atoms with Crippen LogP contribution in [0.1, 0.15) is 47.3 Å². The van der Waals surface area contributed by atoms with Gasteiger partial charge in [-0.2, -0.15) is 0 Å². The van der Waals surface area contributed by atoms with Gasteiger partial charge in [-0.25, -0.2) is 0 Å². The van der Waals surface area contributed by atoms with Crippen LogP contribution in [0.2, 0.25) is 0 Å². The van der Waals surface area contributed by atoms with Crippen LogP contribution >= 0.6 is 0 Å². The summed E-state index contributed by atoms with van der Waals surface area (Å²) in [5, 5.41) is 11.0. The van der Waals surface area contributed by atoms with Gasteiger partial charge in [0.25, 0.3) is 5.91 Å². The summed E-state index contributed by atoms with van der Waals surface area (Å²) < 4.78 is 11.9. The molecule has 7 nitrogen and oxygen atoms in total. The molecule has 4 aliphatic heterocycles. The van der Waals surface area contributed by atoms with Crippen LogP contribution in [-0.4, -0.2) is 89.9 Å². The molecule has 1 amide bonds. The highest BCUT2D eigenvalue weighted by atomic mass is 16.5. The van der Waals surface area contributed by atoms with Crippen molar-refractivity contribution in [2.24, 2.45) is 5.41 Å². The Balaban J connectivity index is 1.12. The summed E-state index contributed by atoms with van der Waals surface area (Å²) in [5.41, 5.74) is 4.28. The first-order valence-electron chi connectivity index (χ1n) is 13.7. The molecule has 0 radical (unpaired) electrons. The van der Waals surface area contributed by atoms with Crippen molar-refractivity contribution in [3.05, 3.63) is 64.7 Å². The van der Waals surface area contributed by atoms with E-state index in [2.05, 4.69) is 40.1 Å². The maximum atomic E-state index is 13.6. The fourth-order valence-electron chi connectivity index (χ4n) is 6.47. The molecule has 2 saturated heterocycles. The standard InChI is InChI=1S/C30H39N3O4/c1-29(2)18-33(17-25(34)16-31-11-9-23-5-3-4-6-24(23)15-31)28(35)26-8-7-22(13-27(26)37-29)14-32-12-10-30(19-32)20-36-21-30/h3-8,13,25,34H,9-12,14-21H2,1-2H3. The van der Waals surface area contributed by atoms with E-state index in [1.165, 1.54) is 23.1 Å². The van der Waals surface area contributed by atoms with Gasteiger partial charge < -0.3 is 19.5 Å². The molecule has 0 bridgehead atoms. The van der Waals surface area contributed by atoms with E-state index in [0.29, 0.717) is 36.4 Å². The second-order valence-corrected chi connectivity index (χ2v) is 12.2. The molecule has 0 saturated carbocycles. The van der Waals surface area contributed by atoms with Crippen molar-refractivity contribution in [1.29, 1.82) is 0 Å². The Hall–Kier alpha value is -2.45. The third-order valence-electron chi connectivity index (χ3n) is 8.37. The molecule has 0 aliphatic carbocycles. The number of amides is 1. The van der Waals surface area contributed by atoms with Crippen molar-refractivity contribution in [1.82, 2.24) is 14.7 Å². The maximum absolute atomic E-state index is 13.6. The van der Waals surface area contributed by atoms with E-state index in [4.69, 9.17) is 9.47 Å². The van der Waals surface area contributed by atoms with Crippen LogP contribution in [0.25, 0.3) is 0 Å². The number of hydrogen-bond acceptors (Lipinski definition) is 6. The average Bonchev–Trinajstić information content (AvgIpc) is 3.24. The Morgan fingerprint density at radius 3 is 2.57 bits per heavy atom. The highest BCUT2D eigenvalue weighted by molar-refractivity contribution is 5.97. The number of carbonyl (C=O) groups is 1. The van der Waals surface area contributed by atoms with Gasteiger partial charge in [-0.15, -0.1) is 0 Å². The van der Waals surface area contributed by atoms with Crippen LogP contribution in [0, 0.1) is 5.41 Å². The Morgan fingerprint density at radius 1 is 1.00 bits per heavy atom. The van der Waals surface area contributed by atoms with Crippen LogP contribution in [0.15, 0.2) is 42.5 Å². The predicted octanol–water partition coefficient (Wildman–Crippen LogP) is 2.94. The van der Waals surface area contributed by atoms with E-state index in [9.17, 15) is 9.90 Å². The van der Waals surface area contributed by atoms with Gasteiger partial charge in [-0.3, -0.25) is 14.6 Å². The maximum Gasteiger partial charge on any atom is 0.257 e. The monoisotopic (exact) mass is 505 g/mol. The lowest BCUT2D eigenvalue weighted by atomic mass is 9.85. The van der Waals surface area contributed by atoms with Gasteiger partial charge in [0.1, 0.15) is 11.4 Å². The van der Waals surface area contributed by atoms with Crippen LogP contribution in [0.4, 0.5) is 0 Å². The van der Waals surface area contributed by atoms with Crippen molar-refractivity contribution in [3.63, 3.8) is 0 Å². The summed E-state index contributed by atoms with van der Waals surface area (Å²) in [4.78, 5) is 20.1. The van der Waals surface area contributed by atoms with E-state index in [-0.39, 0.29) is 5.91 Å². The highest BCUT2D eigenvalue weighted by Crippen LogP contribution is 2.38. The number of aliphatic hydroxyl groups excluding tert-OH is 1. The van der Waals surface area contributed by atoms with Gasteiger partial charge in [0.05, 0.1) is 31.4 Å². The van der Waals surface area contributed by atoms with Gasteiger partial charge in [-0.1, -0.05) is 30.3 Å². The molecular formula is C30H39N3O4. The zero-order valence-corrected chi connectivity index (χ0v) is 22.1. The number of carbonyl (C=O) groups excluding carboxylic acids is 1. The number of hydrogen-bond donors (Lipinski definition) is 1. The quantitative estimate of drug-likeness (QED) is 0.651. The first-order valence-corrected chi connectivity index (χ1v) is 13.7. The van der Waals surface area contributed by atoms with E-state index < -0.39 is 11.7 Å². The Morgan fingerprint density at radius 2 is 1.81 bits per heavy atom. The second kappa shape index (κ2) is 9.70. The zero-order valence-electron chi connectivity index (χ0n) is 22.1. The van der Waals surface area contributed by atoms with Crippen molar-refractivity contribution >= 4 is 5.91 Å². The molecule has 37 heavy (non-hydrogen) atoms. The van der Waals surface area contributed by atoms with Crippen LogP contribution in [0.5, 0.6) is 5.75 Å². The van der Waals surface area contributed by atoms with Crippen molar-refractivity contribution < 1.29 is 19.4 Å². The molecule has 7 heteroatoms. The lowest BCUT2D eigenvalue weighted by molar-refractivity contribution is -0.105. The number of rotatable bonds is 6. The lowest BCUT2D eigenvalue weighted by Crippen LogP contribution is -2.48. The summed E-state index contributed by atoms with van der Waals surface area (Å²) in [6, 6.07) is 14.5. The van der Waals surface area contributed by atoms with E-state index in [0.717, 1.165) is 52.4 Å². The highest BCUT2D eigenvalue weighted by Gasteiger charge is 2.44. The number of likely N-dealkylation sites (tertiary alicyclic amines) is 1. The second-order valence-electron chi connectivity index (χ2n) is 12.2. The normalized spacial score (nSPS) is 23.6. The molecule has 2 aromatic carbocycles. The number of fused-ring (bicyclic) bond motifs is 2. The zero-order chi connectivity index (χ0) is 25.6. The first kappa shape index (κ1) is 24.9. The van der Waals surface area contributed by atoms with E-state index in [1.54, 1.807) is 4.90 Å². The molecule has 4 aliphatic rings. The number of aliphatic hydroxyl groups is 1. The Labute approximate surface area is 219 Å². The fourth-order valence-corrected chi connectivity index (χ4v) is 6.47. The number of benzene rings is 2. The minimum atomic E-state index is -0.621. The van der Waals surface area contributed by atoms with Gasteiger partial charge in [0, 0.05) is 44.7 Å². The molecule has 1 unspecified atom stereocenters. The number of β-amino-alcohol motifs (C(OH)–C–C–N with tert-alkyl or cyclic N) is 1. The topological polar surface area (TPSA) is 65.5 Å². The molecule has 2 fully saturated rings. The first-order chi connectivity index (χ1) is 17.8. The Bertz CT molecular complexity index is 1160. The molecule has 0 aromatic heterocycles. The van der Waals surface area contributed by atoms with Crippen LogP contribution in [-0.2, 0) is 24.2 Å². The minimum absolute atomic E-state index is 0.0677.